The number of nitrogens with one attached hydrogen (secondary N) is 1. The van der Waals surface area contributed by atoms with Crippen LogP contribution in [0.15, 0.2) is 66.7 Å². The highest BCUT2D eigenvalue weighted by molar-refractivity contribution is 14.1. The monoisotopic (exact) mass is 470 g/mol. The molecule has 3 aromatic carbocycles. The molecule has 0 aliphatic rings. The van der Waals surface area contributed by atoms with E-state index in [-0.39, 0.29) is 5.91 Å². The molecule has 0 spiro atoms. The number of aryl methyl sites for hydroxylation is 1. The first-order valence-electron chi connectivity index (χ1n) is 8.13. The molecule has 1 heterocycles. The molecule has 0 unspecified atom stereocenters. The lowest BCUT2D eigenvalue weighted by Gasteiger charge is -2.06. The first-order chi connectivity index (χ1) is 12.6. The van der Waals surface area contributed by atoms with Gasteiger partial charge in [0, 0.05) is 20.4 Å². The lowest BCUT2D eigenvalue weighted by Crippen LogP contribution is -2.11. The molecule has 0 fully saturated rings. The molecule has 1 N–H and O–H groups in total. The minimum absolute atomic E-state index is 0.105. The number of carbonyl (C=O) groups is 1. The van der Waals surface area contributed by atoms with Crippen LogP contribution in [0.1, 0.15) is 15.9 Å². The van der Waals surface area contributed by atoms with Crippen molar-refractivity contribution in [3.63, 3.8) is 0 Å². The summed E-state index contributed by atoms with van der Waals surface area (Å²) < 4.78 is 2.23. The molecule has 26 heavy (non-hydrogen) atoms. The van der Waals surface area contributed by atoms with Crippen LogP contribution in [0.25, 0.3) is 20.8 Å². The Balaban J connectivity index is 1.55. The van der Waals surface area contributed by atoms with Gasteiger partial charge in [0.25, 0.3) is 5.91 Å². The zero-order chi connectivity index (χ0) is 18.1. The van der Waals surface area contributed by atoms with Crippen molar-refractivity contribution >= 4 is 55.7 Å². The SMILES string of the molecule is Cc1ccc2nc(-c3ccc(NC(=O)c4cccc(I)c4)cc3)sc2c1. The van der Waals surface area contributed by atoms with Crippen LogP contribution in [-0.2, 0) is 0 Å². The van der Waals surface area contributed by atoms with Crippen molar-refractivity contribution in [3.05, 3.63) is 81.4 Å². The van der Waals surface area contributed by atoms with Crippen molar-refractivity contribution in [1.29, 1.82) is 0 Å². The van der Waals surface area contributed by atoms with Gasteiger partial charge in [-0.15, -0.1) is 11.3 Å². The summed E-state index contributed by atoms with van der Waals surface area (Å²) in [4.78, 5) is 17.0. The topological polar surface area (TPSA) is 42.0 Å². The van der Waals surface area contributed by atoms with Crippen LogP contribution in [0.4, 0.5) is 5.69 Å². The smallest absolute Gasteiger partial charge is 0.255 e. The van der Waals surface area contributed by atoms with Crippen molar-refractivity contribution in [2.45, 2.75) is 6.92 Å². The van der Waals surface area contributed by atoms with Gasteiger partial charge in [-0.05, 0) is 89.7 Å². The highest BCUT2D eigenvalue weighted by Gasteiger charge is 2.09. The molecule has 4 aromatic rings. The molecule has 128 valence electrons. The van der Waals surface area contributed by atoms with Gasteiger partial charge >= 0.3 is 0 Å². The van der Waals surface area contributed by atoms with Gasteiger partial charge in [0.05, 0.1) is 10.2 Å². The molecule has 0 saturated carbocycles. The Morgan fingerprint density at radius 1 is 1.04 bits per heavy atom. The van der Waals surface area contributed by atoms with E-state index in [9.17, 15) is 4.79 Å². The van der Waals surface area contributed by atoms with Crippen molar-refractivity contribution in [2.75, 3.05) is 5.32 Å². The Bertz CT molecular complexity index is 1100. The van der Waals surface area contributed by atoms with Crippen molar-refractivity contribution in [2.24, 2.45) is 0 Å². The Hall–Kier alpha value is -2.25. The van der Waals surface area contributed by atoms with Crippen LogP contribution in [-0.4, -0.2) is 10.9 Å². The van der Waals surface area contributed by atoms with E-state index in [1.807, 2.05) is 48.5 Å². The number of thiazole rings is 1. The molecule has 0 bridgehead atoms. The number of halogens is 1. The zero-order valence-electron chi connectivity index (χ0n) is 14.0. The second-order valence-electron chi connectivity index (χ2n) is 6.03. The molecular formula is C21H15IN2OS. The number of aromatic nitrogens is 1. The molecular weight excluding hydrogens is 455 g/mol. The minimum atomic E-state index is -0.105. The van der Waals surface area contributed by atoms with E-state index in [1.54, 1.807) is 11.3 Å². The molecule has 0 aliphatic carbocycles. The molecule has 0 radical (unpaired) electrons. The molecule has 0 atom stereocenters. The zero-order valence-corrected chi connectivity index (χ0v) is 17.0. The van der Waals surface area contributed by atoms with E-state index in [0.717, 1.165) is 25.3 Å². The number of fused-ring (bicyclic) bond motifs is 1. The number of hydrogen-bond donors (Lipinski definition) is 1. The Morgan fingerprint density at radius 2 is 1.85 bits per heavy atom. The highest BCUT2D eigenvalue weighted by Crippen LogP contribution is 2.31. The quantitative estimate of drug-likeness (QED) is 0.366. The van der Waals surface area contributed by atoms with E-state index >= 15 is 0 Å². The number of nitrogens with zero attached hydrogens (tertiary/aromatic N) is 1. The minimum Gasteiger partial charge on any atom is -0.322 e. The van der Waals surface area contributed by atoms with Gasteiger partial charge in [-0.2, -0.15) is 0 Å². The third-order valence-corrected chi connectivity index (χ3v) is 5.76. The summed E-state index contributed by atoms with van der Waals surface area (Å²) in [5.41, 5.74) is 4.74. The maximum atomic E-state index is 12.3. The second kappa shape index (κ2) is 7.17. The Kier molecular flexibility index (Phi) is 4.74. The predicted octanol–water partition coefficient (Wildman–Crippen LogP) is 6.13. The molecule has 0 saturated heterocycles. The fraction of sp³-hybridized carbons (Fsp3) is 0.0476. The van der Waals surface area contributed by atoms with Crippen LogP contribution in [0, 0.1) is 10.5 Å². The maximum absolute atomic E-state index is 12.3. The van der Waals surface area contributed by atoms with Crippen molar-refractivity contribution in [1.82, 2.24) is 4.98 Å². The van der Waals surface area contributed by atoms with Crippen LogP contribution in [0.3, 0.4) is 0 Å². The van der Waals surface area contributed by atoms with E-state index in [2.05, 4.69) is 53.0 Å². The van der Waals surface area contributed by atoms with E-state index in [0.29, 0.717) is 5.56 Å². The summed E-state index contributed by atoms with van der Waals surface area (Å²) in [5, 5.41) is 3.93. The summed E-state index contributed by atoms with van der Waals surface area (Å²) in [5.74, 6) is -0.105. The molecule has 0 aliphatic heterocycles. The van der Waals surface area contributed by atoms with E-state index in [4.69, 9.17) is 4.98 Å². The normalized spacial score (nSPS) is 10.8. The van der Waals surface area contributed by atoms with Crippen LogP contribution in [0.2, 0.25) is 0 Å². The number of anilines is 1. The van der Waals surface area contributed by atoms with Crippen LogP contribution in [0.5, 0.6) is 0 Å². The van der Waals surface area contributed by atoms with Gasteiger partial charge in [0.2, 0.25) is 0 Å². The van der Waals surface area contributed by atoms with Gasteiger partial charge < -0.3 is 5.32 Å². The summed E-state index contributed by atoms with van der Waals surface area (Å²) in [6.45, 7) is 2.09. The molecule has 3 nitrogen and oxygen atoms in total. The molecule has 1 amide bonds. The van der Waals surface area contributed by atoms with E-state index in [1.165, 1.54) is 10.3 Å². The summed E-state index contributed by atoms with van der Waals surface area (Å²) >= 11 is 3.89. The highest BCUT2D eigenvalue weighted by atomic mass is 127. The number of hydrogen-bond acceptors (Lipinski definition) is 3. The predicted molar refractivity (Wildman–Crippen MR) is 117 cm³/mol. The van der Waals surface area contributed by atoms with Gasteiger partial charge in [-0.3, -0.25) is 4.79 Å². The fourth-order valence-electron chi connectivity index (χ4n) is 2.68. The Labute approximate surface area is 169 Å². The number of carbonyl (C=O) groups excluding carboxylic acids is 1. The average molecular weight is 470 g/mol. The van der Waals surface area contributed by atoms with Crippen molar-refractivity contribution in [3.8, 4) is 10.6 Å². The lowest BCUT2D eigenvalue weighted by atomic mass is 10.2. The van der Waals surface area contributed by atoms with Gasteiger partial charge in [0.1, 0.15) is 5.01 Å². The fourth-order valence-corrected chi connectivity index (χ4v) is 4.30. The third-order valence-electron chi connectivity index (χ3n) is 4.02. The standard InChI is InChI=1S/C21H15IN2OS/c1-13-5-10-18-19(11-13)26-21(24-18)14-6-8-17(9-7-14)23-20(25)15-3-2-4-16(22)12-15/h2-12H,1H3,(H,23,25). The van der Waals surface area contributed by atoms with Gasteiger partial charge in [0.15, 0.2) is 0 Å². The lowest BCUT2D eigenvalue weighted by molar-refractivity contribution is 0.102. The molecule has 5 heteroatoms. The summed E-state index contributed by atoms with van der Waals surface area (Å²) in [7, 11) is 0. The third kappa shape index (κ3) is 3.64. The number of benzene rings is 3. The summed E-state index contributed by atoms with van der Waals surface area (Å²) in [6.07, 6.45) is 0. The van der Waals surface area contributed by atoms with Gasteiger partial charge in [-0.1, -0.05) is 12.1 Å². The molecule has 1 aromatic heterocycles. The van der Waals surface area contributed by atoms with Crippen molar-refractivity contribution < 1.29 is 4.79 Å². The molecule has 4 rings (SSSR count). The number of rotatable bonds is 3. The van der Waals surface area contributed by atoms with Crippen LogP contribution < -0.4 is 5.32 Å². The first-order valence-corrected chi connectivity index (χ1v) is 10.0. The summed E-state index contributed by atoms with van der Waals surface area (Å²) in [6, 6.07) is 21.6. The first kappa shape index (κ1) is 17.2. The number of amides is 1. The second-order valence-corrected chi connectivity index (χ2v) is 8.31. The largest absolute Gasteiger partial charge is 0.322 e. The van der Waals surface area contributed by atoms with E-state index < -0.39 is 0 Å². The average Bonchev–Trinajstić information content (AvgIpc) is 3.05. The maximum Gasteiger partial charge on any atom is 0.255 e. The van der Waals surface area contributed by atoms with Crippen LogP contribution >= 0.6 is 33.9 Å². The Morgan fingerprint density at radius 3 is 2.62 bits per heavy atom. The van der Waals surface area contributed by atoms with Gasteiger partial charge in [-0.25, -0.2) is 4.98 Å².